The Kier molecular flexibility index (Phi) is 10.1. The summed E-state index contributed by atoms with van der Waals surface area (Å²) in [5, 5.41) is 22.6. The first-order valence-corrected chi connectivity index (χ1v) is 16.0. The molecule has 6 N–H and O–H groups in total. The number of primary amides is 1. The molecule has 0 spiro atoms. The molecule has 1 aliphatic heterocycles. The summed E-state index contributed by atoms with van der Waals surface area (Å²) in [6.45, 7) is 5.34. The molecule has 0 bridgehead atoms. The van der Waals surface area contributed by atoms with E-state index < -0.39 is 28.0 Å². The summed E-state index contributed by atoms with van der Waals surface area (Å²) in [6.07, 6.45) is 1.45. The number of likely N-dealkylation sites (tertiary alicyclic amines) is 1. The van der Waals surface area contributed by atoms with Gasteiger partial charge in [-0.2, -0.15) is 9.37 Å². The highest BCUT2D eigenvalue weighted by molar-refractivity contribution is 7.89. The number of hydrogen-bond acceptors (Lipinski definition) is 6. The van der Waals surface area contributed by atoms with Crippen molar-refractivity contribution in [2.75, 3.05) is 25.5 Å². The number of piperidine rings is 1. The van der Waals surface area contributed by atoms with Gasteiger partial charge in [0.25, 0.3) is 5.91 Å². The number of carbonyl (C=O) groups is 2. The summed E-state index contributed by atoms with van der Waals surface area (Å²) in [5.74, 6) is -0.429. The number of sulfonamides is 1. The lowest BCUT2D eigenvalue weighted by molar-refractivity contribution is -0.918. The Bertz CT molecular complexity index is 1640. The number of benzene rings is 3. The molecule has 3 amide bonds. The van der Waals surface area contributed by atoms with Crippen LogP contribution in [-0.2, 0) is 27.8 Å². The maximum absolute atomic E-state index is 14.0. The second-order valence-corrected chi connectivity index (χ2v) is 13.6. The predicted octanol–water partition coefficient (Wildman–Crippen LogP) is 3.31. The second-order valence-electron chi connectivity index (χ2n) is 11.9. The number of phenols is 2. The number of hydrogen-bond donors (Lipinski definition) is 5. The van der Waals surface area contributed by atoms with Crippen LogP contribution in [0.2, 0.25) is 0 Å². The van der Waals surface area contributed by atoms with Gasteiger partial charge in [-0.1, -0.05) is 24.3 Å². The van der Waals surface area contributed by atoms with Gasteiger partial charge in [-0.05, 0) is 67.9 Å². The van der Waals surface area contributed by atoms with Crippen LogP contribution in [-0.4, -0.2) is 77.6 Å². The Morgan fingerprint density at radius 2 is 1.66 bits per heavy atom. The van der Waals surface area contributed by atoms with E-state index in [1.807, 2.05) is 6.07 Å². The van der Waals surface area contributed by atoms with Crippen molar-refractivity contribution >= 4 is 33.4 Å². The fraction of sp³-hybridized carbons (Fsp3) is 0.344. The van der Waals surface area contributed by atoms with E-state index in [1.54, 1.807) is 44.2 Å². The zero-order valence-electron chi connectivity index (χ0n) is 25.2. The SMILES string of the molecule is CC(C)NS(=O)(=O)c1ccc(NC(=O)/[N+](=C2\CCC[N+](C)(Cc3cccc(O)c3)C2)[C@@H](Cc2ccc(O)cc2)C(N)=O)cc1. The topological polar surface area (TPSA) is 162 Å². The van der Waals surface area contributed by atoms with Crippen molar-refractivity contribution in [1.82, 2.24) is 4.72 Å². The molecule has 1 fully saturated rings. The number of nitrogens with two attached hydrogens (primary N) is 1. The number of quaternary nitrogens is 1. The van der Waals surface area contributed by atoms with Gasteiger partial charge in [-0.3, -0.25) is 4.79 Å². The largest absolute Gasteiger partial charge is 0.508 e. The molecule has 0 aliphatic carbocycles. The Labute approximate surface area is 258 Å². The predicted molar refractivity (Wildman–Crippen MR) is 168 cm³/mol. The van der Waals surface area contributed by atoms with Gasteiger partial charge in [-0.15, -0.1) is 0 Å². The number of nitrogens with one attached hydrogen (secondary N) is 2. The number of rotatable bonds is 10. The maximum Gasteiger partial charge on any atom is 0.496 e. The van der Waals surface area contributed by atoms with E-state index in [4.69, 9.17) is 5.73 Å². The van der Waals surface area contributed by atoms with E-state index in [0.717, 1.165) is 24.2 Å². The van der Waals surface area contributed by atoms with Gasteiger partial charge in [0.05, 0.1) is 18.5 Å². The van der Waals surface area contributed by atoms with Crippen LogP contribution in [0.5, 0.6) is 11.5 Å². The van der Waals surface area contributed by atoms with Crippen LogP contribution in [0.25, 0.3) is 0 Å². The lowest BCUT2D eigenvalue weighted by atomic mass is 10.0. The third-order valence-corrected chi connectivity index (χ3v) is 9.25. The number of phenolic OH excluding ortho intramolecular Hbond substituents is 2. The second kappa shape index (κ2) is 13.6. The molecule has 1 aliphatic rings. The van der Waals surface area contributed by atoms with Gasteiger partial charge in [0.1, 0.15) is 36.0 Å². The maximum atomic E-state index is 14.0. The minimum absolute atomic E-state index is 0.0602. The molecule has 1 saturated heterocycles. The van der Waals surface area contributed by atoms with Crippen LogP contribution >= 0.6 is 0 Å². The van der Waals surface area contributed by atoms with Crippen LogP contribution in [0, 0.1) is 0 Å². The number of amides is 3. The third kappa shape index (κ3) is 8.43. The monoisotopic (exact) mass is 623 g/mol. The van der Waals surface area contributed by atoms with Crippen molar-refractivity contribution in [3.63, 3.8) is 0 Å². The Morgan fingerprint density at radius 3 is 2.27 bits per heavy atom. The molecule has 0 radical (unpaired) electrons. The summed E-state index contributed by atoms with van der Waals surface area (Å²) in [7, 11) is -1.64. The van der Waals surface area contributed by atoms with Crippen LogP contribution in [0.3, 0.4) is 0 Å². The molecule has 0 saturated carbocycles. The highest BCUT2D eigenvalue weighted by Crippen LogP contribution is 2.23. The van der Waals surface area contributed by atoms with Crippen molar-refractivity contribution in [3.05, 3.63) is 83.9 Å². The van der Waals surface area contributed by atoms with E-state index in [2.05, 4.69) is 17.1 Å². The molecule has 3 aromatic rings. The molecule has 3 aromatic carbocycles. The first kappa shape index (κ1) is 32.6. The molecular formula is C32H41N5O6S+2. The molecule has 11 nitrogen and oxygen atoms in total. The third-order valence-electron chi connectivity index (χ3n) is 7.57. The van der Waals surface area contributed by atoms with E-state index in [1.165, 1.54) is 41.0 Å². The van der Waals surface area contributed by atoms with E-state index in [-0.39, 0.29) is 28.9 Å². The number of carbonyl (C=O) groups excluding carboxylic acids is 2. The van der Waals surface area contributed by atoms with Crippen molar-refractivity contribution in [2.24, 2.45) is 5.73 Å². The van der Waals surface area contributed by atoms with Crippen LogP contribution in [0.15, 0.2) is 77.7 Å². The van der Waals surface area contributed by atoms with Crippen molar-refractivity contribution in [1.29, 1.82) is 0 Å². The van der Waals surface area contributed by atoms with Gasteiger partial charge in [0.15, 0.2) is 6.04 Å². The van der Waals surface area contributed by atoms with E-state index in [9.17, 15) is 28.2 Å². The normalized spacial score (nSPS) is 18.9. The molecule has 12 heteroatoms. The summed E-state index contributed by atoms with van der Waals surface area (Å²) in [6, 6.07) is 17.4. The Balaban J connectivity index is 1.70. The number of anilines is 1. The molecule has 2 atom stereocenters. The fourth-order valence-electron chi connectivity index (χ4n) is 5.65. The standard InChI is InChI=1S/C32H39N5O6S/c1-22(2)35-44(42,43)29-15-11-25(12-16-29)34-32(41)36(30(31(33)40)19-23-9-13-27(38)14-10-23)26-7-5-17-37(3,21-26)20-24-6-4-8-28(39)18-24/h4,6,8-16,18,22,30,35H,5,7,17,19-21H2,1-3H3,(H3-2,33,34,38,39,40,41)/p+2/b36-26+/t30-,37?/m0/s1. The van der Waals surface area contributed by atoms with Gasteiger partial charge >= 0.3 is 6.03 Å². The summed E-state index contributed by atoms with van der Waals surface area (Å²) < 4.78 is 29.7. The quantitative estimate of drug-likeness (QED) is 0.172. The van der Waals surface area contributed by atoms with Crippen molar-refractivity contribution < 1.29 is 37.3 Å². The average Bonchev–Trinajstić information content (AvgIpc) is 2.93. The van der Waals surface area contributed by atoms with Gasteiger partial charge in [0, 0.05) is 30.9 Å². The minimum atomic E-state index is -3.72. The van der Waals surface area contributed by atoms with E-state index in [0.29, 0.717) is 35.2 Å². The summed E-state index contributed by atoms with van der Waals surface area (Å²) >= 11 is 0. The molecular weight excluding hydrogens is 582 g/mol. The molecule has 234 valence electrons. The first-order valence-electron chi connectivity index (χ1n) is 14.5. The van der Waals surface area contributed by atoms with Crippen molar-refractivity contribution in [3.8, 4) is 11.5 Å². The van der Waals surface area contributed by atoms with Crippen LogP contribution in [0.1, 0.15) is 37.8 Å². The minimum Gasteiger partial charge on any atom is -0.508 e. The molecule has 1 unspecified atom stereocenters. The lowest BCUT2D eigenvalue weighted by Gasteiger charge is -2.38. The van der Waals surface area contributed by atoms with Gasteiger partial charge < -0.3 is 20.4 Å². The average molecular weight is 624 g/mol. The highest BCUT2D eigenvalue weighted by Gasteiger charge is 2.39. The van der Waals surface area contributed by atoms with Gasteiger partial charge in [0.2, 0.25) is 10.0 Å². The molecule has 1 heterocycles. The zero-order chi connectivity index (χ0) is 32.1. The zero-order valence-corrected chi connectivity index (χ0v) is 26.0. The first-order chi connectivity index (χ1) is 20.7. The highest BCUT2D eigenvalue weighted by atomic mass is 32.2. The number of urea groups is 1. The molecule has 0 aromatic heterocycles. The van der Waals surface area contributed by atoms with E-state index >= 15 is 0 Å². The van der Waals surface area contributed by atoms with Crippen LogP contribution < -0.4 is 15.8 Å². The lowest BCUT2D eigenvalue weighted by Crippen LogP contribution is -2.56. The number of aromatic hydroxyl groups is 2. The fourth-order valence-corrected chi connectivity index (χ4v) is 6.90. The Morgan fingerprint density at radius 1 is 0.977 bits per heavy atom. The molecule has 44 heavy (non-hydrogen) atoms. The van der Waals surface area contributed by atoms with Crippen LogP contribution in [0.4, 0.5) is 10.5 Å². The Hall–Kier alpha value is -4.26. The number of nitrogens with zero attached hydrogens (tertiary/aromatic N) is 2. The van der Waals surface area contributed by atoms with Crippen molar-refractivity contribution in [2.45, 2.75) is 56.6 Å². The summed E-state index contributed by atoms with van der Waals surface area (Å²) in [5.41, 5.74) is 8.69. The molecule has 4 rings (SSSR count). The summed E-state index contributed by atoms with van der Waals surface area (Å²) in [4.78, 5) is 27.1. The van der Waals surface area contributed by atoms with Gasteiger partial charge in [-0.25, -0.2) is 18.5 Å². The smallest absolute Gasteiger partial charge is 0.496 e.